The highest BCUT2D eigenvalue weighted by molar-refractivity contribution is 5.96. The van der Waals surface area contributed by atoms with E-state index in [-0.39, 0.29) is 24.0 Å². The van der Waals surface area contributed by atoms with Crippen LogP contribution in [0.1, 0.15) is 49.9 Å². The molecular weight excluding hydrogens is 342 g/mol. The quantitative estimate of drug-likeness (QED) is 0.822. The zero-order valence-electron chi connectivity index (χ0n) is 15.8. The van der Waals surface area contributed by atoms with Crippen molar-refractivity contribution in [3.8, 4) is 11.3 Å². The molecule has 3 atom stereocenters. The molecular formula is C21H25N3O3. The van der Waals surface area contributed by atoms with Gasteiger partial charge in [0.2, 0.25) is 0 Å². The van der Waals surface area contributed by atoms with Gasteiger partial charge in [-0.15, -0.1) is 0 Å². The molecule has 1 aromatic carbocycles. The Balaban J connectivity index is 1.58. The number of fused-ring (bicyclic) bond motifs is 2. The van der Waals surface area contributed by atoms with Gasteiger partial charge in [-0.2, -0.15) is 5.10 Å². The first-order valence-corrected chi connectivity index (χ1v) is 9.70. The zero-order valence-corrected chi connectivity index (χ0v) is 15.8. The SMILES string of the molecule is CCOC(=O)[C@@]1(CC)C[C@H]2CC[C@@H]1N2C(=O)c1ccc(-c2ccn[nH]2)cc1. The zero-order chi connectivity index (χ0) is 19.0. The molecule has 1 amide bonds. The lowest BCUT2D eigenvalue weighted by Crippen LogP contribution is -2.45. The van der Waals surface area contributed by atoms with E-state index < -0.39 is 5.41 Å². The van der Waals surface area contributed by atoms with E-state index in [4.69, 9.17) is 4.74 Å². The van der Waals surface area contributed by atoms with Crippen molar-refractivity contribution < 1.29 is 14.3 Å². The number of esters is 1. The lowest BCUT2D eigenvalue weighted by atomic mass is 9.72. The van der Waals surface area contributed by atoms with Crippen LogP contribution >= 0.6 is 0 Å². The lowest BCUT2D eigenvalue weighted by molar-refractivity contribution is -0.157. The van der Waals surface area contributed by atoms with Crippen LogP contribution in [-0.4, -0.2) is 45.7 Å². The number of hydrogen-bond donors (Lipinski definition) is 1. The van der Waals surface area contributed by atoms with Gasteiger partial charge in [0.25, 0.3) is 5.91 Å². The second-order valence-electron chi connectivity index (χ2n) is 7.44. The van der Waals surface area contributed by atoms with Crippen molar-refractivity contribution in [2.45, 2.75) is 51.6 Å². The minimum Gasteiger partial charge on any atom is -0.466 e. The van der Waals surface area contributed by atoms with E-state index >= 15 is 0 Å². The van der Waals surface area contributed by atoms with Gasteiger partial charge >= 0.3 is 5.97 Å². The molecule has 2 aliphatic rings. The van der Waals surface area contributed by atoms with Crippen molar-refractivity contribution in [2.75, 3.05) is 6.61 Å². The van der Waals surface area contributed by atoms with Crippen LogP contribution in [0.15, 0.2) is 36.5 Å². The Morgan fingerprint density at radius 3 is 2.63 bits per heavy atom. The first kappa shape index (κ1) is 17.8. The van der Waals surface area contributed by atoms with E-state index in [2.05, 4.69) is 10.2 Å². The molecule has 6 nitrogen and oxygen atoms in total. The smallest absolute Gasteiger partial charge is 0.314 e. The Morgan fingerprint density at radius 1 is 1.22 bits per heavy atom. The summed E-state index contributed by atoms with van der Waals surface area (Å²) >= 11 is 0. The summed E-state index contributed by atoms with van der Waals surface area (Å²) in [5, 5.41) is 6.89. The molecule has 1 aromatic heterocycles. The summed E-state index contributed by atoms with van der Waals surface area (Å²) in [6, 6.07) is 9.52. The molecule has 2 aromatic rings. The molecule has 3 heterocycles. The standard InChI is InChI=1S/C21H25N3O3/c1-3-21(20(26)27-4-2)13-16-9-10-18(21)24(16)19(25)15-7-5-14(6-8-15)17-11-12-22-23-17/h5-8,11-12,16,18H,3-4,9-10,13H2,1-2H3,(H,22,23)/t16-,18+,21+/m1/s1. The predicted molar refractivity (Wildman–Crippen MR) is 101 cm³/mol. The summed E-state index contributed by atoms with van der Waals surface area (Å²) in [5.74, 6) is -0.134. The van der Waals surface area contributed by atoms with E-state index in [1.54, 1.807) is 6.20 Å². The number of nitrogens with one attached hydrogen (secondary N) is 1. The molecule has 6 heteroatoms. The first-order valence-electron chi connectivity index (χ1n) is 9.70. The van der Waals surface area contributed by atoms with Crippen LogP contribution in [0, 0.1) is 5.41 Å². The Hall–Kier alpha value is -2.63. The Labute approximate surface area is 158 Å². The molecule has 2 bridgehead atoms. The van der Waals surface area contributed by atoms with Crippen molar-refractivity contribution in [3.63, 3.8) is 0 Å². The molecule has 0 radical (unpaired) electrons. The highest BCUT2D eigenvalue weighted by Crippen LogP contribution is 2.52. The van der Waals surface area contributed by atoms with Crippen LogP contribution < -0.4 is 0 Å². The summed E-state index contributed by atoms with van der Waals surface area (Å²) < 4.78 is 5.38. The van der Waals surface area contributed by atoms with E-state index in [9.17, 15) is 9.59 Å². The van der Waals surface area contributed by atoms with Crippen LogP contribution in [0.4, 0.5) is 0 Å². The fourth-order valence-corrected chi connectivity index (χ4v) is 4.87. The number of carbonyl (C=O) groups excluding carboxylic acids is 2. The third-order valence-electron chi connectivity index (χ3n) is 6.23. The van der Waals surface area contributed by atoms with Crippen LogP contribution in [0.5, 0.6) is 0 Å². The number of carbonyl (C=O) groups is 2. The number of H-pyrrole nitrogens is 1. The second-order valence-corrected chi connectivity index (χ2v) is 7.44. The van der Waals surface area contributed by atoms with Crippen LogP contribution in [0.2, 0.25) is 0 Å². The predicted octanol–water partition coefficient (Wildman–Crippen LogP) is 3.41. The van der Waals surface area contributed by atoms with Crippen molar-refractivity contribution in [3.05, 3.63) is 42.1 Å². The lowest BCUT2D eigenvalue weighted by Gasteiger charge is -2.34. The van der Waals surface area contributed by atoms with Gasteiger partial charge in [0, 0.05) is 23.8 Å². The minimum atomic E-state index is -0.551. The maximum atomic E-state index is 13.2. The summed E-state index contributed by atoms with van der Waals surface area (Å²) in [6.45, 7) is 4.24. The molecule has 0 aliphatic carbocycles. The molecule has 0 spiro atoms. The summed E-state index contributed by atoms with van der Waals surface area (Å²) in [4.78, 5) is 27.9. The molecule has 4 rings (SSSR count). The highest BCUT2D eigenvalue weighted by Gasteiger charge is 2.61. The number of benzene rings is 1. The maximum absolute atomic E-state index is 13.2. The van der Waals surface area contributed by atoms with Gasteiger partial charge in [0.05, 0.1) is 17.7 Å². The highest BCUT2D eigenvalue weighted by atomic mass is 16.5. The molecule has 0 saturated carbocycles. The Kier molecular flexibility index (Phi) is 4.50. The van der Waals surface area contributed by atoms with Crippen molar-refractivity contribution in [2.24, 2.45) is 5.41 Å². The van der Waals surface area contributed by atoms with Gasteiger partial charge in [-0.3, -0.25) is 14.7 Å². The monoisotopic (exact) mass is 367 g/mol. The third-order valence-corrected chi connectivity index (χ3v) is 6.23. The van der Waals surface area contributed by atoms with Gasteiger partial charge in [0.15, 0.2) is 0 Å². The molecule has 27 heavy (non-hydrogen) atoms. The number of rotatable bonds is 5. The van der Waals surface area contributed by atoms with Gasteiger partial charge < -0.3 is 9.64 Å². The number of ether oxygens (including phenoxy) is 1. The third kappa shape index (κ3) is 2.74. The summed E-state index contributed by atoms with van der Waals surface area (Å²) in [5.41, 5.74) is 2.01. The van der Waals surface area contributed by atoms with Crippen LogP contribution in [0.25, 0.3) is 11.3 Å². The summed E-state index contributed by atoms with van der Waals surface area (Å²) in [6.07, 6.45) is 4.95. The maximum Gasteiger partial charge on any atom is 0.314 e. The average Bonchev–Trinajstić information content (AvgIpc) is 3.43. The number of nitrogens with zero attached hydrogens (tertiary/aromatic N) is 2. The number of aromatic amines is 1. The second kappa shape index (κ2) is 6.83. The topological polar surface area (TPSA) is 75.3 Å². The molecule has 0 unspecified atom stereocenters. The van der Waals surface area contributed by atoms with E-state index in [0.29, 0.717) is 25.0 Å². The van der Waals surface area contributed by atoms with Crippen LogP contribution in [-0.2, 0) is 9.53 Å². The van der Waals surface area contributed by atoms with E-state index in [0.717, 1.165) is 24.1 Å². The van der Waals surface area contributed by atoms with Gasteiger partial charge in [0.1, 0.15) is 0 Å². The largest absolute Gasteiger partial charge is 0.466 e. The van der Waals surface area contributed by atoms with Gasteiger partial charge in [-0.1, -0.05) is 19.1 Å². The molecule has 1 N–H and O–H groups in total. The van der Waals surface area contributed by atoms with Crippen LogP contribution in [0.3, 0.4) is 0 Å². The minimum absolute atomic E-state index is 0.0123. The van der Waals surface area contributed by atoms with Gasteiger partial charge in [-0.05, 0) is 56.4 Å². The van der Waals surface area contributed by atoms with Crippen molar-refractivity contribution >= 4 is 11.9 Å². The summed E-state index contributed by atoms with van der Waals surface area (Å²) in [7, 11) is 0. The molecule has 142 valence electrons. The number of hydrogen-bond acceptors (Lipinski definition) is 4. The fraction of sp³-hybridized carbons (Fsp3) is 0.476. The Morgan fingerprint density at radius 2 is 2.00 bits per heavy atom. The fourth-order valence-electron chi connectivity index (χ4n) is 4.87. The first-order chi connectivity index (χ1) is 13.1. The van der Waals surface area contributed by atoms with E-state index in [1.165, 1.54) is 0 Å². The number of aromatic nitrogens is 2. The average molecular weight is 367 g/mol. The van der Waals surface area contributed by atoms with Crippen molar-refractivity contribution in [1.82, 2.24) is 15.1 Å². The number of amides is 1. The van der Waals surface area contributed by atoms with Crippen molar-refractivity contribution in [1.29, 1.82) is 0 Å². The molecule has 2 saturated heterocycles. The molecule has 2 aliphatic heterocycles. The molecule has 2 fully saturated rings. The van der Waals surface area contributed by atoms with E-state index in [1.807, 2.05) is 49.1 Å². The Bertz CT molecular complexity index is 831. The van der Waals surface area contributed by atoms with Gasteiger partial charge in [-0.25, -0.2) is 0 Å². The normalized spacial score (nSPS) is 26.4.